The Hall–Kier alpha value is -2.83. The Morgan fingerprint density at radius 1 is 1.00 bits per heavy atom. The van der Waals surface area contributed by atoms with Gasteiger partial charge in [-0.2, -0.15) is 0 Å². The Balaban J connectivity index is 1.99. The van der Waals surface area contributed by atoms with Crippen LogP contribution in [0.15, 0.2) is 77.7 Å². The number of hydrogen-bond donors (Lipinski definition) is 1. The first-order valence-electron chi connectivity index (χ1n) is 10.4. The lowest BCUT2D eigenvalue weighted by Gasteiger charge is -2.39. The fraction of sp³-hybridized carbons (Fsp3) is 0.240. The minimum atomic E-state index is -3.98. The van der Waals surface area contributed by atoms with Gasteiger partial charge >= 0.3 is 6.03 Å². The smallest absolute Gasteiger partial charge is 0.319 e. The molecule has 2 amide bonds. The van der Waals surface area contributed by atoms with Crippen molar-refractivity contribution in [2.45, 2.75) is 36.6 Å². The highest BCUT2D eigenvalue weighted by atomic mass is 35.5. The molecule has 0 aromatic heterocycles. The lowest BCUT2D eigenvalue weighted by Crippen LogP contribution is -2.53. The summed E-state index contributed by atoms with van der Waals surface area (Å²) in [5, 5.41) is 3.38. The third kappa shape index (κ3) is 3.48. The molecule has 3 aromatic rings. The van der Waals surface area contributed by atoms with Crippen molar-refractivity contribution in [2.24, 2.45) is 0 Å². The molecule has 4 rings (SSSR count). The number of nitrogens with zero attached hydrogens (tertiary/aromatic N) is 1. The molecule has 1 aliphatic rings. The van der Waals surface area contributed by atoms with Gasteiger partial charge in [0.25, 0.3) is 0 Å². The van der Waals surface area contributed by atoms with Crippen molar-refractivity contribution in [3.05, 3.63) is 88.9 Å². The standard InChI is InChI=1S/C25H25ClN2O3S/c1-17(2)28-24(29)27-16-25(28,32(30,31)22-10-5-4-6-11-22)20-9-7-8-19(14-20)23-15-21(26)13-12-18(23)3/h4-15,17H,16H2,1-3H3,(H,27,29). The lowest BCUT2D eigenvalue weighted by atomic mass is 9.95. The van der Waals surface area contributed by atoms with E-state index in [1.54, 1.807) is 36.4 Å². The second-order valence-corrected chi connectivity index (χ2v) is 10.9. The molecular weight excluding hydrogens is 444 g/mol. The SMILES string of the molecule is Cc1ccc(Cl)cc1-c1cccc(C2(S(=O)(=O)c3ccccc3)CNC(=O)N2C(C)C)c1. The van der Waals surface area contributed by atoms with Crippen LogP contribution in [0, 0.1) is 6.92 Å². The van der Waals surface area contributed by atoms with Crippen molar-refractivity contribution in [3.8, 4) is 11.1 Å². The van der Waals surface area contributed by atoms with Gasteiger partial charge in [0.2, 0.25) is 9.84 Å². The molecule has 166 valence electrons. The van der Waals surface area contributed by atoms with Crippen LogP contribution in [0.25, 0.3) is 11.1 Å². The van der Waals surface area contributed by atoms with Gasteiger partial charge in [0.1, 0.15) is 0 Å². The quantitative estimate of drug-likeness (QED) is 0.547. The first kappa shape index (κ1) is 22.4. The molecule has 1 atom stereocenters. The van der Waals surface area contributed by atoms with Crippen LogP contribution < -0.4 is 5.32 Å². The number of nitrogens with one attached hydrogen (secondary N) is 1. The van der Waals surface area contributed by atoms with Crippen molar-refractivity contribution < 1.29 is 13.2 Å². The average molecular weight is 469 g/mol. The molecule has 1 heterocycles. The summed E-state index contributed by atoms with van der Waals surface area (Å²) in [6, 6.07) is 20.6. The van der Waals surface area contributed by atoms with Crippen LogP contribution in [0.5, 0.6) is 0 Å². The molecule has 5 nitrogen and oxygen atoms in total. The summed E-state index contributed by atoms with van der Waals surface area (Å²) in [6.07, 6.45) is 0. The molecule has 0 bridgehead atoms. The van der Waals surface area contributed by atoms with Gasteiger partial charge in [-0.05, 0) is 73.4 Å². The van der Waals surface area contributed by atoms with Gasteiger partial charge in [-0.15, -0.1) is 0 Å². The Bertz CT molecular complexity index is 1280. The van der Waals surface area contributed by atoms with Crippen molar-refractivity contribution in [1.29, 1.82) is 0 Å². The Morgan fingerprint density at radius 2 is 1.72 bits per heavy atom. The van der Waals surface area contributed by atoms with E-state index in [9.17, 15) is 13.2 Å². The fourth-order valence-corrected chi connectivity index (χ4v) is 6.76. The van der Waals surface area contributed by atoms with Crippen molar-refractivity contribution in [3.63, 3.8) is 0 Å². The number of urea groups is 1. The van der Waals surface area contributed by atoms with Gasteiger partial charge < -0.3 is 5.32 Å². The van der Waals surface area contributed by atoms with Gasteiger partial charge in [-0.1, -0.05) is 54.1 Å². The molecule has 7 heteroatoms. The molecule has 0 saturated carbocycles. The monoisotopic (exact) mass is 468 g/mol. The summed E-state index contributed by atoms with van der Waals surface area (Å²) >= 11 is 6.24. The van der Waals surface area contributed by atoms with Crippen LogP contribution >= 0.6 is 11.6 Å². The van der Waals surface area contributed by atoms with Crippen molar-refractivity contribution in [2.75, 3.05) is 6.54 Å². The van der Waals surface area contributed by atoms with E-state index in [1.165, 1.54) is 4.90 Å². The number of halogens is 1. The summed E-state index contributed by atoms with van der Waals surface area (Å²) in [5.74, 6) is 0. The number of carbonyl (C=O) groups excluding carboxylic acids is 1. The van der Waals surface area contributed by atoms with Gasteiger partial charge in [0.15, 0.2) is 4.87 Å². The van der Waals surface area contributed by atoms with Crippen LogP contribution in [0.1, 0.15) is 25.0 Å². The molecule has 1 saturated heterocycles. The highest BCUT2D eigenvalue weighted by molar-refractivity contribution is 7.92. The number of hydrogen-bond acceptors (Lipinski definition) is 3. The number of benzene rings is 3. The Kier molecular flexibility index (Phi) is 5.77. The summed E-state index contributed by atoms with van der Waals surface area (Å²) in [6.45, 7) is 5.59. The third-order valence-corrected chi connectivity index (χ3v) is 8.52. The zero-order chi connectivity index (χ0) is 23.1. The summed E-state index contributed by atoms with van der Waals surface area (Å²) in [4.78, 5) is 12.9. The van der Waals surface area contributed by atoms with Crippen LogP contribution in [-0.4, -0.2) is 31.9 Å². The van der Waals surface area contributed by atoms with Crippen molar-refractivity contribution in [1.82, 2.24) is 10.2 Å². The first-order chi connectivity index (χ1) is 15.2. The van der Waals surface area contributed by atoms with Crippen LogP contribution in [0.3, 0.4) is 0 Å². The topological polar surface area (TPSA) is 66.5 Å². The molecule has 0 spiro atoms. The molecule has 0 aliphatic carbocycles. The van der Waals surface area contributed by atoms with Crippen LogP contribution in [0.4, 0.5) is 4.79 Å². The Morgan fingerprint density at radius 3 is 2.41 bits per heavy atom. The van der Waals surface area contributed by atoms with E-state index in [2.05, 4.69) is 5.32 Å². The minimum Gasteiger partial charge on any atom is -0.334 e. The van der Waals surface area contributed by atoms with E-state index in [4.69, 9.17) is 11.6 Å². The molecule has 32 heavy (non-hydrogen) atoms. The normalized spacial score (nSPS) is 18.8. The highest BCUT2D eigenvalue weighted by Gasteiger charge is 2.58. The summed E-state index contributed by atoms with van der Waals surface area (Å²) in [7, 11) is -3.98. The average Bonchev–Trinajstić information content (AvgIpc) is 3.15. The zero-order valence-electron chi connectivity index (χ0n) is 18.2. The lowest BCUT2D eigenvalue weighted by molar-refractivity contribution is 0.170. The largest absolute Gasteiger partial charge is 0.334 e. The second kappa shape index (κ2) is 8.26. The van der Waals surface area contributed by atoms with Crippen LogP contribution in [-0.2, 0) is 14.7 Å². The summed E-state index contributed by atoms with van der Waals surface area (Å²) < 4.78 is 28.3. The van der Waals surface area contributed by atoms with E-state index in [1.807, 2.05) is 57.2 Å². The molecule has 1 fully saturated rings. The predicted octanol–water partition coefficient (Wildman–Crippen LogP) is 5.38. The maximum Gasteiger partial charge on any atom is 0.319 e. The van der Waals surface area contributed by atoms with Crippen molar-refractivity contribution >= 4 is 27.5 Å². The van der Waals surface area contributed by atoms with E-state index < -0.39 is 20.7 Å². The van der Waals surface area contributed by atoms with E-state index >= 15 is 0 Å². The highest BCUT2D eigenvalue weighted by Crippen LogP contribution is 2.43. The maximum atomic E-state index is 14.1. The fourth-order valence-electron chi connectivity index (χ4n) is 4.43. The van der Waals surface area contributed by atoms with Gasteiger partial charge in [0, 0.05) is 11.1 Å². The molecule has 3 aromatic carbocycles. The van der Waals surface area contributed by atoms with Gasteiger partial charge in [0.05, 0.1) is 11.4 Å². The van der Waals surface area contributed by atoms with Crippen LogP contribution in [0.2, 0.25) is 5.02 Å². The maximum absolute atomic E-state index is 14.1. The zero-order valence-corrected chi connectivity index (χ0v) is 19.7. The first-order valence-corrected chi connectivity index (χ1v) is 12.3. The number of amides is 2. The molecular formula is C25H25ClN2O3S. The summed E-state index contributed by atoms with van der Waals surface area (Å²) in [5.41, 5.74) is 3.31. The second-order valence-electron chi connectivity index (χ2n) is 8.26. The van der Waals surface area contributed by atoms with Gasteiger partial charge in [-0.25, -0.2) is 13.2 Å². The number of carbonyl (C=O) groups is 1. The third-order valence-electron chi connectivity index (χ3n) is 5.93. The molecule has 1 unspecified atom stereocenters. The molecule has 0 radical (unpaired) electrons. The van der Waals surface area contributed by atoms with E-state index in [0.29, 0.717) is 10.6 Å². The van der Waals surface area contributed by atoms with Gasteiger partial charge in [-0.3, -0.25) is 4.90 Å². The number of rotatable bonds is 5. The van der Waals surface area contributed by atoms with E-state index in [0.717, 1.165) is 16.7 Å². The van der Waals surface area contributed by atoms with E-state index in [-0.39, 0.29) is 17.5 Å². The molecule has 1 N–H and O–H groups in total. The molecule has 1 aliphatic heterocycles. The number of sulfone groups is 1. The Labute approximate surface area is 193 Å². The predicted molar refractivity (Wildman–Crippen MR) is 127 cm³/mol. The minimum absolute atomic E-state index is 0.0424. The number of aryl methyl sites for hydroxylation is 1.